The summed E-state index contributed by atoms with van der Waals surface area (Å²) in [6, 6.07) is 14.9. The number of alkyl halides is 3. The van der Waals surface area contributed by atoms with Gasteiger partial charge in [0.2, 0.25) is 0 Å². The number of para-hydroxylation sites is 1. The minimum atomic E-state index is -4.54. The maximum atomic E-state index is 13.4. The molecule has 1 saturated heterocycles. The maximum Gasteiger partial charge on any atom is 0.416 e. The van der Waals surface area contributed by atoms with Crippen molar-refractivity contribution >= 4 is 57.6 Å². The highest BCUT2D eigenvalue weighted by atomic mass is 35.5. The lowest BCUT2D eigenvalue weighted by Gasteiger charge is -2.12. The molecule has 0 bridgehead atoms. The van der Waals surface area contributed by atoms with Crippen LogP contribution in [-0.4, -0.2) is 19.6 Å². The average Bonchev–Trinajstić information content (AvgIpc) is 3.50. The van der Waals surface area contributed by atoms with E-state index in [0.29, 0.717) is 11.4 Å². The van der Waals surface area contributed by atoms with Crippen molar-refractivity contribution in [2.75, 3.05) is 4.90 Å². The first-order valence-corrected chi connectivity index (χ1v) is 12.7. The van der Waals surface area contributed by atoms with Gasteiger partial charge in [-0.25, -0.2) is 4.68 Å². The summed E-state index contributed by atoms with van der Waals surface area (Å²) in [6.45, 7) is 1.72. The first-order valence-electron chi connectivity index (χ1n) is 11.1. The zero-order valence-electron chi connectivity index (χ0n) is 19.7. The summed E-state index contributed by atoms with van der Waals surface area (Å²) in [6.07, 6.45) is -3.12. The Morgan fingerprint density at radius 2 is 1.76 bits per heavy atom. The van der Waals surface area contributed by atoms with Crippen LogP contribution < -0.4 is 10.5 Å². The fourth-order valence-corrected chi connectivity index (χ4v) is 5.53. The van der Waals surface area contributed by atoms with Crippen LogP contribution in [0, 0.1) is 6.92 Å². The van der Waals surface area contributed by atoms with Crippen LogP contribution in [0.5, 0.6) is 0 Å². The number of benzene rings is 2. The van der Waals surface area contributed by atoms with Crippen molar-refractivity contribution in [3.63, 3.8) is 0 Å². The number of carbonyl (C=O) groups excluding carboxylic acids is 1. The first-order chi connectivity index (χ1) is 18.0. The third-order valence-electron chi connectivity index (χ3n) is 6.00. The Kier molecular flexibility index (Phi) is 6.62. The topological polar surface area (TPSA) is 60.4 Å². The van der Waals surface area contributed by atoms with E-state index in [1.54, 1.807) is 42.9 Å². The van der Waals surface area contributed by atoms with Crippen LogP contribution in [0.4, 0.5) is 18.9 Å². The third kappa shape index (κ3) is 4.50. The number of aromatic nitrogens is 2. The fraction of sp³-hybridized carbons (Fsp3) is 0.115. The molecule has 2 aromatic heterocycles. The largest absolute Gasteiger partial charge is 0.457 e. The summed E-state index contributed by atoms with van der Waals surface area (Å²) in [4.78, 5) is 28.2. The van der Waals surface area contributed by atoms with Gasteiger partial charge in [0.1, 0.15) is 17.2 Å². The van der Waals surface area contributed by atoms with Gasteiger partial charge in [-0.1, -0.05) is 53.8 Å². The van der Waals surface area contributed by atoms with Crippen molar-refractivity contribution in [3.05, 3.63) is 98.0 Å². The molecule has 6 nitrogen and oxygen atoms in total. The standard InChI is InChI=1S/C26H17ClF3N3O3S2/c1-14-22(24(35)33(31(14)2)16-6-4-3-5-7-16)32-23(34)21(38-25(32)37)13-17-9-11-20(36-17)18-12-15(26(28,29)30)8-10-19(18)27/h3-13H,1-2H3. The number of hydrogen-bond donors (Lipinski definition) is 0. The number of rotatable bonds is 4. The monoisotopic (exact) mass is 575 g/mol. The zero-order chi connectivity index (χ0) is 27.4. The van der Waals surface area contributed by atoms with Gasteiger partial charge in [-0.15, -0.1) is 0 Å². The highest BCUT2D eigenvalue weighted by Crippen LogP contribution is 2.39. The van der Waals surface area contributed by atoms with E-state index in [1.807, 2.05) is 6.07 Å². The molecule has 3 heterocycles. The highest BCUT2D eigenvalue weighted by Gasteiger charge is 2.38. The lowest BCUT2D eigenvalue weighted by Crippen LogP contribution is -2.33. The van der Waals surface area contributed by atoms with Crippen LogP contribution >= 0.6 is 35.6 Å². The summed E-state index contributed by atoms with van der Waals surface area (Å²) < 4.78 is 48.5. The van der Waals surface area contributed by atoms with Gasteiger partial charge in [0, 0.05) is 18.7 Å². The Morgan fingerprint density at radius 3 is 2.45 bits per heavy atom. The molecule has 0 N–H and O–H groups in total. The van der Waals surface area contributed by atoms with Gasteiger partial charge in [-0.2, -0.15) is 13.2 Å². The van der Waals surface area contributed by atoms with Crippen molar-refractivity contribution in [2.24, 2.45) is 7.05 Å². The van der Waals surface area contributed by atoms with Crippen molar-refractivity contribution < 1.29 is 22.4 Å². The lowest BCUT2D eigenvalue weighted by atomic mass is 10.1. The second-order valence-electron chi connectivity index (χ2n) is 8.32. The van der Waals surface area contributed by atoms with E-state index < -0.39 is 23.2 Å². The predicted octanol–water partition coefficient (Wildman–Crippen LogP) is 6.82. The summed E-state index contributed by atoms with van der Waals surface area (Å²) in [5, 5.41) is 0.0828. The quantitative estimate of drug-likeness (QED) is 0.197. The highest BCUT2D eigenvalue weighted by molar-refractivity contribution is 8.27. The van der Waals surface area contributed by atoms with Crippen LogP contribution in [-0.2, 0) is 18.0 Å². The van der Waals surface area contributed by atoms with Crippen molar-refractivity contribution in [1.29, 1.82) is 0 Å². The number of amides is 1. The molecular weight excluding hydrogens is 559 g/mol. The van der Waals surface area contributed by atoms with E-state index in [2.05, 4.69) is 0 Å². The second-order valence-corrected chi connectivity index (χ2v) is 10.4. The second kappa shape index (κ2) is 9.64. The molecule has 1 aliphatic rings. The number of nitrogens with zero attached hydrogens (tertiary/aromatic N) is 3. The maximum absolute atomic E-state index is 13.4. The van der Waals surface area contributed by atoms with E-state index in [4.69, 9.17) is 28.2 Å². The average molecular weight is 576 g/mol. The molecule has 2 aromatic carbocycles. The van der Waals surface area contributed by atoms with Gasteiger partial charge in [0.25, 0.3) is 11.5 Å². The molecular formula is C26H17ClF3N3O3S2. The number of thiocarbonyl (C=S) groups is 1. The summed E-state index contributed by atoms with van der Waals surface area (Å²) in [7, 11) is 1.71. The van der Waals surface area contributed by atoms with Crippen LogP contribution in [0.2, 0.25) is 5.02 Å². The van der Waals surface area contributed by atoms with Crippen LogP contribution in [0.1, 0.15) is 17.0 Å². The van der Waals surface area contributed by atoms with E-state index in [1.165, 1.54) is 27.8 Å². The number of furan rings is 1. The zero-order valence-corrected chi connectivity index (χ0v) is 22.1. The first kappa shape index (κ1) is 26.1. The number of carbonyl (C=O) groups is 1. The van der Waals surface area contributed by atoms with Gasteiger partial charge in [0.15, 0.2) is 4.32 Å². The van der Waals surface area contributed by atoms with Crippen molar-refractivity contribution in [1.82, 2.24) is 9.36 Å². The fourth-order valence-electron chi connectivity index (χ4n) is 4.07. The SMILES string of the molecule is Cc1c(N2C(=O)C(=Cc3ccc(-c4cc(C(F)(F)F)ccc4Cl)o3)SC2=S)c(=O)n(-c2ccccc2)n1C. The Balaban J connectivity index is 1.48. The van der Waals surface area contributed by atoms with Gasteiger partial charge in [-0.3, -0.25) is 19.2 Å². The van der Waals surface area contributed by atoms with Crippen LogP contribution in [0.3, 0.4) is 0 Å². The molecule has 4 aromatic rings. The summed E-state index contributed by atoms with van der Waals surface area (Å²) in [5.74, 6) is -0.200. The summed E-state index contributed by atoms with van der Waals surface area (Å²) >= 11 is 12.6. The molecule has 0 saturated carbocycles. The molecule has 12 heteroatoms. The third-order valence-corrected chi connectivity index (χ3v) is 7.63. The summed E-state index contributed by atoms with van der Waals surface area (Å²) in [5.41, 5.74) is 0.0964. The van der Waals surface area contributed by atoms with Gasteiger partial charge in [0.05, 0.1) is 26.9 Å². The molecule has 38 heavy (non-hydrogen) atoms. The van der Waals surface area contributed by atoms with E-state index in [-0.39, 0.29) is 37.0 Å². The van der Waals surface area contributed by atoms with Gasteiger partial charge >= 0.3 is 6.18 Å². The number of hydrogen-bond acceptors (Lipinski definition) is 5. The Hall–Kier alpha value is -3.54. The lowest BCUT2D eigenvalue weighted by molar-refractivity contribution is -0.137. The van der Waals surface area contributed by atoms with E-state index >= 15 is 0 Å². The predicted molar refractivity (Wildman–Crippen MR) is 146 cm³/mol. The minimum absolute atomic E-state index is 0.0649. The smallest absolute Gasteiger partial charge is 0.416 e. The Labute approximate surface area is 228 Å². The Bertz CT molecular complexity index is 1690. The molecule has 5 rings (SSSR count). The van der Waals surface area contributed by atoms with Crippen molar-refractivity contribution in [2.45, 2.75) is 13.1 Å². The van der Waals surface area contributed by atoms with Gasteiger partial charge in [-0.05, 0) is 49.4 Å². The molecule has 0 spiro atoms. The molecule has 0 unspecified atom stereocenters. The number of anilines is 1. The number of thioether (sulfide) groups is 1. The number of halogens is 4. The van der Waals surface area contributed by atoms with Crippen LogP contribution in [0.25, 0.3) is 23.1 Å². The van der Waals surface area contributed by atoms with Gasteiger partial charge < -0.3 is 4.42 Å². The molecule has 1 aliphatic heterocycles. The molecule has 1 amide bonds. The molecule has 0 atom stereocenters. The Morgan fingerprint density at radius 1 is 1.05 bits per heavy atom. The molecule has 1 fully saturated rings. The van der Waals surface area contributed by atoms with E-state index in [9.17, 15) is 22.8 Å². The molecule has 0 radical (unpaired) electrons. The van der Waals surface area contributed by atoms with Crippen LogP contribution in [0.15, 0.2) is 74.8 Å². The molecule has 0 aliphatic carbocycles. The van der Waals surface area contributed by atoms with Crippen molar-refractivity contribution in [3.8, 4) is 17.0 Å². The minimum Gasteiger partial charge on any atom is -0.457 e. The van der Waals surface area contributed by atoms with E-state index in [0.717, 1.165) is 30.0 Å². The molecule has 194 valence electrons. The normalized spacial score (nSPS) is 15.2.